The minimum absolute atomic E-state index is 0. The van der Waals surface area contributed by atoms with Crippen LogP contribution < -0.4 is 25.6 Å². The average molecular weight is 551 g/mol. The summed E-state index contributed by atoms with van der Waals surface area (Å²) in [6.07, 6.45) is 1.55. The zero-order valence-corrected chi connectivity index (χ0v) is 20.7. The number of carbonyl (C=O) groups excluding carboxylic acids is 2. The average Bonchev–Trinajstić information content (AvgIpc) is 3.24. The van der Waals surface area contributed by atoms with E-state index in [0.29, 0.717) is 43.3 Å². The number of methoxy groups -OCH3 is 1. The van der Waals surface area contributed by atoms with Crippen molar-refractivity contribution >= 4 is 47.4 Å². The molecular weight excluding hydrogens is 521 g/mol. The van der Waals surface area contributed by atoms with Crippen molar-refractivity contribution < 1.29 is 14.3 Å². The molecule has 0 saturated carbocycles. The van der Waals surface area contributed by atoms with Crippen molar-refractivity contribution in [3.05, 3.63) is 59.7 Å². The SMILES string of the molecule is CN=C(NCCNC(=O)c1cccc(OC)c1)NCc1ccc(N2CCCC2=O)cc1.I. The number of hydrogen-bond donors (Lipinski definition) is 3. The molecule has 0 atom stereocenters. The minimum atomic E-state index is -0.153. The van der Waals surface area contributed by atoms with Crippen LogP contribution in [0, 0.1) is 0 Å². The second kappa shape index (κ2) is 12.9. The van der Waals surface area contributed by atoms with Gasteiger partial charge in [-0.05, 0) is 42.3 Å². The summed E-state index contributed by atoms with van der Waals surface area (Å²) in [6, 6.07) is 15.0. The molecule has 1 aliphatic heterocycles. The molecule has 0 aliphatic carbocycles. The number of ether oxygens (including phenoxy) is 1. The van der Waals surface area contributed by atoms with Crippen molar-refractivity contribution in [1.82, 2.24) is 16.0 Å². The number of hydrogen-bond acceptors (Lipinski definition) is 4. The van der Waals surface area contributed by atoms with Gasteiger partial charge in [-0.1, -0.05) is 18.2 Å². The molecule has 2 aromatic rings. The van der Waals surface area contributed by atoms with Gasteiger partial charge in [0.1, 0.15) is 5.75 Å². The number of halogens is 1. The minimum Gasteiger partial charge on any atom is -0.497 e. The first-order valence-electron chi connectivity index (χ1n) is 10.4. The number of aliphatic imine (C=N–C) groups is 1. The Bertz CT molecular complexity index is 933. The lowest BCUT2D eigenvalue weighted by molar-refractivity contribution is -0.117. The largest absolute Gasteiger partial charge is 0.497 e. The molecule has 8 nitrogen and oxygen atoms in total. The van der Waals surface area contributed by atoms with Gasteiger partial charge in [0, 0.05) is 50.9 Å². The lowest BCUT2D eigenvalue weighted by atomic mass is 10.2. The van der Waals surface area contributed by atoms with Crippen LogP contribution in [0.5, 0.6) is 5.75 Å². The van der Waals surface area contributed by atoms with Gasteiger partial charge in [0.15, 0.2) is 5.96 Å². The highest BCUT2D eigenvalue weighted by Crippen LogP contribution is 2.21. The van der Waals surface area contributed by atoms with Crippen molar-refractivity contribution in [2.24, 2.45) is 4.99 Å². The number of amides is 2. The van der Waals surface area contributed by atoms with E-state index < -0.39 is 0 Å². The first-order chi connectivity index (χ1) is 15.1. The number of nitrogens with one attached hydrogen (secondary N) is 3. The molecular formula is C23H30IN5O3. The predicted molar refractivity (Wildman–Crippen MR) is 137 cm³/mol. The molecule has 0 aromatic heterocycles. The molecule has 2 aromatic carbocycles. The zero-order valence-electron chi connectivity index (χ0n) is 18.4. The lowest BCUT2D eigenvalue weighted by Gasteiger charge is -2.16. The highest BCUT2D eigenvalue weighted by Gasteiger charge is 2.21. The van der Waals surface area contributed by atoms with Gasteiger partial charge in [-0.25, -0.2) is 0 Å². The Morgan fingerprint density at radius 2 is 1.84 bits per heavy atom. The van der Waals surface area contributed by atoms with E-state index in [1.54, 1.807) is 38.4 Å². The highest BCUT2D eigenvalue weighted by molar-refractivity contribution is 14.0. The molecule has 0 unspecified atom stereocenters. The summed E-state index contributed by atoms with van der Waals surface area (Å²) in [5.74, 6) is 1.33. The smallest absolute Gasteiger partial charge is 0.251 e. The number of guanidine groups is 1. The van der Waals surface area contributed by atoms with Crippen LogP contribution in [0.4, 0.5) is 5.69 Å². The molecule has 1 saturated heterocycles. The molecule has 0 spiro atoms. The first kappa shape index (κ1) is 25.4. The number of anilines is 1. The standard InChI is InChI=1S/C23H29N5O3.HI/c1-24-23(26-13-12-25-22(30)18-5-3-6-20(15-18)31-2)27-16-17-8-10-19(11-9-17)28-14-4-7-21(28)29;/h3,5-6,8-11,15H,4,7,12-14,16H2,1-2H3,(H,25,30)(H2,24,26,27);1H. The van der Waals surface area contributed by atoms with E-state index >= 15 is 0 Å². The fourth-order valence-corrected chi connectivity index (χ4v) is 3.34. The second-order valence-electron chi connectivity index (χ2n) is 7.16. The molecule has 2 amide bonds. The fourth-order valence-electron chi connectivity index (χ4n) is 3.34. The van der Waals surface area contributed by atoms with Gasteiger partial charge >= 0.3 is 0 Å². The van der Waals surface area contributed by atoms with Crippen molar-refractivity contribution in [3.63, 3.8) is 0 Å². The van der Waals surface area contributed by atoms with E-state index in [-0.39, 0.29) is 35.8 Å². The van der Waals surface area contributed by atoms with Crippen molar-refractivity contribution in [2.75, 3.05) is 38.7 Å². The monoisotopic (exact) mass is 551 g/mol. The summed E-state index contributed by atoms with van der Waals surface area (Å²) in [5.41, 5.74) is 2.59. The Hall–Kier alpha value is -2.82. The Labute approximate surface area is 205 Å². The first-order valence-corrected chi connectivity index (χ1v) is 10.4. The van der Waals surface area contributed by atoms with E-state index in [9.17, 15) is 9.59 Å². The maximum absolute atomic E-state index is 12.2. The van der Waals surface area contributed by atoms with Crippen molar-refractivity contribution in [2.45, 2.75) is 19.4 Å². The molecule has 172 valence electrons. The van der Waals surface area contributed by atoms with Crippen LogP contribution in [-0.4, -0.2) is 51.6 Å². The van der Waals surface area contributed by atoms with E-state index in [4.69, 9.17) is 4.74 Å². The van der Waals surface area contributed by atoms with E-state index in [1.165, 1.54) is 0 Å². The normalized spacial score (nSPS) is 13.4. The summed E-state index contributed by atoms with van der Waals surface area (Å²) in [6.45, 7) is 2.38. The van der Waals surface area contributed by atoms with Gasteiger partial charge in [-0.3, -0.25) is 14.6 Å². The Kier molecular flexibility index (Phi) is 10.3. The quantitative estimate of drug-likeness (QED) is 0.203. The van der Waals surface area contributed by atoms with Gasteiger partial charge in [-0.15, -0.1) is 24.0 Å². The van der Waals surface area contributed by atoms with E-state index in [0.717, 1.165) is 24.2 Å². The molecule has 1 aliphatic rings. The summed E-state index contributed by atoms with van der Waals surface area (Å²) >= 11 is 0. The van der Waals surface area contributed by atoms with Crippen LogP contribution in [0.3, 0.4) is 0 Å². The molecule has 9 heteroatoms. The third-order valence-electron chi connectivity index (χ3n) is 5.04. The molecule has 3 rings (SSSR count). The van der Waals surface area contributed by atoms with Crippen LogP contribution in [0.2, 0.25) is 0 Å². The third kappa shape index (κ3) is 7.11. The highest BCUT2D eigenvalue weighted by atomic mass is 127. The number of rotatable bonds is 8. The van der Waals surface area contributed by atoms with Crippen molar-refractivity contribution in [1.29, 1.82) is 0 Å². The predicted octanol–water partition coefficient (Wildman–Crippen LogP) is 2.53. The molecule has 3 N–H and O–H groups in total. The zero-order chi connectivity index (χ0) is 22.1. The number of benzene rings is 2. The fraction of sp³-hybridized carbons (Fsp3) is 0.348. The van der Waals surface area contributed by atoms with Crippen LogP contribution in [-0.2, 0) is 11.3 Å². The van der Waals surface area contributed by atoms with Crippen LogP contribution in [0.1, 0.15) is 28.8 Å². The van der Waals surface area contributed by atoms with Gasteiger partial charge in [0.2, 0.25) is 5.91 Å². The van der Waals surface area contributed by atoms with Crippen LogP contribution in [0.25, 0.3) is 0 Å². The van der Waals surface area contributed by atoms with E-state index in [1.807, 2.05) is 29.2 Å². The third-order valence-corrected chi connectivity index (χ3v) is 5.04. The molecule has 32 heavy (non-hydrogen) atoms. The molecule has 0 radical (unpaired) electrons. The number of carbonyl (C=O) groups is 2. The molecule has 1 fully saturated rings. The van der Waals surface area contributed by atoms with E-state index in [2.05, 4.69) is 20.9 Å². The maximum Gasteiger partial charge on any atom is 0.251 e. The summed E-state index contributed by atoms with van der Waals surface area (Å²) in [4.78, 5) is 30.1. The van der Waals surface area contributed by atoms with Gasteiger partial charge in [-0.2, -0.15) is 0 Å². The van der Waals surface area contributed by atoms with Gasteiger partial charge < -0.3 is 25.6 Å². The Morgan fingerprint density at radius 1 is 1.09 bits per heavy atom. The number of nitrogens with zero attached hydrogens (tertiary/aromatic N) is 2. The van der Waals surface area contributed by atoms with Crippen LogP contribution >= 0.6 is 24.0 Å². The Balaban J connectivity index is 0.00000363. The summed E-state index contributed by atoms with van der Waals surface area (Å²) < 4.78 is 5.14. The molecule has 0 bridgehead atoms. The second-order valence-corrected chi connectivity index (χ2v) is 7.16. The van der Waals surface area contributed by atoms with Gasteiger partial charge in [0.25, 0.3) is 5.91 Å². The summed E-state index contributed by atoms with van der Waals surface area (Å²) in [7, 11) is 3.27. The lowest BCUT2D eigenvalue weighted by Crippen LogP contribution is -2.41. The Morgan fingerprint density at radius 3 is 2.50 bits per heavy atom. The van der Waals surface area contributed by atoms with Gasteiger partial charge in [0.05, 0.1) is 7.11 Å². The molecule has 1 heterocycles. The van der Waals surface area contributed by atoms with Crippen LogP contribution in [0.15, 0.2) is 53.5 Å². The van der Waals surface area contributed by atoms with Crippen molar-refractivity contribution in [3.8, 4) is 5.75 Å². The maximum atomic E-state index is 12.2. The topological polar surface area (TPSA) is 95.1 Å². The summed E-state index contributed by atoms with van der Waals surface area (Å²) in [5, 5.41) is 9.29.